The number of nitrogens with zero attached hydrogens (tertiary/aromatic N) is 3. The largest absolute Gasteiger partial charge is 0.335 e. The van der Waals surface area contributed by atoms with Crippen LogP contribution in [-0.2, 0) is 16.6 Å². The number of carbonyl (C=O) groups excluding carboxylic acids is 1. The summed E-state index contributed by atoms with van der Waals surface area (Å²) in [5.74, 6) is -0.147. The maximum absolute atomic E-state index is 14.1. The summed E-state index contributed by atoms with van der Waals surface area (Å²) in [6.45, 7) is 8.50. The van der Waals surface area contributed by atoms with Gasteiger partial charge in [-0.3, -0.25) is 13.9 Å². The van der Waals surface area contributed by atoms with Crippen LogP contribution in [-0.4, -0.2) is 66.8 Å². The molecule has 0 radical (unpaired) electrons. The molecule has 0 aliphatic carbocycles. The third-order valence-electron chi connectivity index (χ3n) is 6.58. The number of hydrogen-bond acceptors (Lipinski definition) is 5. The second-order valence-electron chi connectivity index (χ2n) is 10.1. The average Bonchev–Trinajstić information content (AvgIpc) is 3.18. The number of imidazole rings is 1. The molecule has 2 aromatic carbocycles. The Labute approximate surface area is 224 Å². The zero-order valence-corrected chi connectivity index (χ0v) is 23.1. The molecule has 10 heteroatoms. The highest BCUT2D eigenvalue weighted by molar-refractivity contribution is 7.89. The van der Waals surface area contributed by atoms with Crippen molar-refractivity contribution in [2.45, 2.75) is 33.7 Å². The second kappa shape index (κ2) is 12.1. The van der Waals surface area contributed by atoms with Crippen LogP contribution in [0.1, 0.15) is 36.3 Å². The van der Waals surface area contributed by atoms with Gasteiger partial charge in [0.2, 0.25) is 10.0 Å². The highest BCUT2D eigenvalue weighted by Crippen LogP contribution is 2.29. The minimum atomic E-state index is -3.41. The lowest BCUT2D eigenvalue weighted by Crippen LogP contribution is -2.47. The van der Waals surface area contributed by atoms with E-state index in [0.29, 0.717) is 49.7 Å². The number of amides is 1. The van der Waals surface area contributed by atoms with Crippen molar-refractivity contribution in [1.29, 1.82) is 0 Å². The Morgan fingerprint density at radius 2 is 1.68 bits per heavy atom. The van der Waals surface area contributed by atoms with Crippen molar-refractivity contribution in [3.8, 4) is 16.9 Å². The monoisotopic (exact) mass is 539 g/mol. The second-order valence-corrected chi connectivity index (χ2v) is 11.9. The maximum atomic E-state index is 14.1. The molecule has 1 aromatic heterocycles. The summed E-state index contributed by atoms with van der Waals surface area (Å²) in [7, 11) is -3.41. The van der Waals surface area contributed by atoms with E-state index in [4.69, 9.17) is 0 Å². The molecule has 1 saturated heterocycles. The molecule has 204 valence electrons. The number of piperazine rings is 1. The number of para-hydroxylation sites is 1. The summed E-state index contributed by atoms with van der Waals surface area (Å²) in [4.78, 5) is 29.9. The number of nitrogens with one attached hydrogen (secondary N) is 2. The molecule has 4 rings (SSSR count). The van der Waals surface area contributed by atoms with Crippen LogP contribution in [0.3, 0.4) is 0 Å². The molecule has 3 aromatic rings. The molecule has 0 bridgehead atoms. The standard InChI is InChI=1S/C28H37N5O4S/c1-21(2)20-38(36,37)30-14-9-17-32-26(27(34)31-18-15-29-16-19-31)25(23-11-5-4-6-12-23)33(28(32)35)24-13-8-7-10-22(24)3/h4-8,10-13,21,29-30H,9,14-20H2,1-3H3. The van der Waals surface area contributed by atoms with Gasteiger partial charge in [0.25, 0.3) is 5.91 Å². The molecule has 1 amide bonds. The molecule has 9 nitrogen and oxygen atoms in total. The summed E-state index contributed by atoms with van der Waals surface area (Å²) in [6, 6.07) is 17.1. The van der Waals surface area contributed by atoms with Gasteiger partial charge in [-0.05, 0) is 30.9 Å². The first-order chi connectivity index (χ1) is 18.2. The zero-order valence-electron chi connectivity index (χ0n) is 22.3. The first-order valence-electron chi connectivity index (χ1n) is 13.1. The molecule has 0 spiro atoms. The van der Waals surface area contributed by atoms with Crippen molar-refractivity contribution in [3.05, 3.63) is 76.3 Å². The van der Waals surface area contributed by atoms with Gasteiger partial charge in [-0.1, -0.05) is 62.4 Å². The molecular formula is C28H37N5O4S. The molecule has 38 heavy (non-hydrogen) atoms. The molecule has 2 N–H and O–H groups in total. The number of rotatable bonds is 10. The third kappa shape index (κ3) is 6.25. The number of hydrogen-bond donors (Lipinski definition) is 2. The maximum Gasteiger partial charge on any atom is 0.333 e. The van der Waals surface area contributed by atoms with E-state index in [2.05, 4.69) is 10.0 Å². The Kier molecular flexibility index (Phi) is 8.86. The number of benzene rings is 2. The van der Waals surface area contributed by atoms with Crippen LogP contribution in [0.15, 0.2) is 59.4 Å². The van der Waals surface area contributed by atoms with Crippen molar-refractivity contribution in [3.63, 3.8) is 0 Å². The lowest BCUT2D eigenvalue weighted by Gasteiger charge is -2.28. The third-order valence-corrected chi connectivity index (χ3v) is 8.33. The predicted octanol–water partition coefficient (Wildman–Crippen LogP) is 2.63. The molecule has 0 saturated carbocycles. The van der Waals surface area contributed by atoms with Crippen LogP contribution in [0, 0.1) is 12.8 Å². The number of sulfonamides is 1. The van der Waals surface area contributed by atoms with E-state index in [1.165, 1.54) is 4.57 Å². The highest BCUT2D eigenvalue weighted by Gasteiger charge is 2.31. The summed E-state index contributed by atoms with van der Waals surface area (Å²) in [6.07, 6.45) is 0.366. The minimum absolute atomic E-state index is 0.00921. The Morgan fingerprint density at radius 3 is 2.34 bits per heavy atom. The van der Waals surface area contributed by atoms with Gasteiger partial charge in [-0.25, -0.2) is 17.9 Å². The first kappa shape index (κ1) is 27.8. The van der Waals surface area contributed by atoms with Gasteiger partial charge in [0.05, 0.1) is 17.1 Å². The van der Waals surface area contributed by atoms with Gasteiger partial charge < -0.3 is 10.2 Å². The summed E-state index contributed by atoms with van der Waals surface area (Å²) >= 11 is 0. The van der Waals surface area contributed by atoms with E-state index >= 15 is 0 Å². The topological polar surface area (TPSA) is 105 Å². The van der Waals surface area contributed by atoms with Crippen molar-refractivity contribution in [1.82, 2.24) is 24.1 Å². The van der Waals surface area contributed by atoms with Gasteiger partial charge in [0.1, 0.15) is 5.69 Å². The van der Waals surface area contributed by atoms with Crippen molar-refractivity contribution >= 4 is 15.9 Å². The van der Waals surface area contributed by atoms with Crippen LogP contribution < -0.4 is 15.7 Å². The Balaban J connectivity index is 1.81. The molecule has 2 heterocycles. The number of aromatic nitrogens is 2. The normalized spacial score (nSPS) is 14.3. The van der Waals surface area contributed by atoms with Crippen molar-refractivity contribution in [2.75, 3.05) is 38.5 Å². The van der Waals surface area contributed by atoms with E-state index in [9.17, 15) is 18.0 Å². The van der Waals surface area contributed by atoms with E-state index < -0.39 is 10.0 Å². The Hall–Kier alpha value is -3.21. The fourth-order valence-electron chi connectivity index (χ4n) is 4.85. The highest BCUT2D eigenvalue weighted by atomic mass is 32.2. The summed E-state index contributed by atoms with van der Waals surface area (Å²) < 4.78 is 30.4. The van der Waals surface area contributed by atoms with Crippen LogP contribution in [0.2, 0.25) is 0 Å². The molecule has 0 atom stereocenters. The number of carbonyl (C=O) groups is 1. The number of aryl methyl sites for hydroxylation is 1. The van der Waals surface area contributed by atoms with Gasteiger partial charge >= 0.3 is 5.69 Å². The van der Waals surface area contributed by atoms with Crippen molar-refractivity contribution in [2.24, 2.45) is 5.92 Å². The zero-order chi connectivity index (χ0) is 27.3. The van der Waals surface area contributed by atoms with Crippen LogP contribution in [0.25, 0.3) is 16.9 Å². The first-order valence-corrected chi connectivity index (χ1v) is 14.8. The van der Waals surface area contributed by atoms with Crippen LogP contribution in [0.5, 0.6) is 0 Å². The molecule has 1 aliphatic heterocycles. The predicted molar refractivity (Wildman–Crippen MR) is 150 cm³/mol. The summed E-state index contributed by atoms with van der Waals surface area (Å²) in [5.41, 5.74) is 2.95. The van der Waals surface area contributed by atoms with Gasteiger partial charge in [0.15, 0.2) is 0 Å². The van der Waals surface area contributed by atoms with Crippen LogP contribution in [0.4, 0.5) is 0 Å². The quantitative estimate of drug-likeness (QED) is 0.386. The lowest BCUT2D eigenvalue weighted by atomic mass is 10.1. The van der Waals surface area contributed by atoms with Gasteiger partial charge in [0, 0.05) is 44.8 Å². The van der Waals surface area contributed by atoms with E-state index in [1.807, 2.05) is 75.4 Å². The van der Waals surface area contributed by atoms with E-state index in [-0.39, 0.29) is 36.4 Å². The van der Waals surface area contributed by atoms with Gasteiger partial charge in [-0.2, -0.15) is 0 Å². The lowest BCUT2D eigenvalue weighted by molar-refractivity contribution is 0.0725. The van der Waals surface area contributed by atoms with E-state index in [0.717, 1.165) is 11.1 Å². The Bertz CT molecular complexity index is 1420. The molecular weight excluding hydrogens is 502 g/mol. The fraction of sp³-hybridized carbons (Fsp3) is 0.429. The minimum Gasteiger partial charge on any atom is -0.335 e. The fourth-order valence-corrected chi connectivity index (χ4v) is 6.30. The average molecular weight is 540 g/mol. The van der Waals surface area contributed by atoms with Crippen LogP contribution >= 0.6 is 0 Å². The SMILES string of the molecule is Cc1ccccc1-n1c(-c2ccccc2)c(C(=O)N2CCNCC2)n(CCCNS(=O)(=O)CC(C)C)c1=O. The molecule has 1 aliphatic rings. The Morgan fingerprint density at radius 1 is 1.03 bits per heavy atom. The summed E-state index contributed by atoms with van der Waals surface area (Å²) in [5, 5.41) is 3.27. The molecule has 1 fully saturated rings. The van der Waals surface area contributed by atoms with E-state index in [1.54, 1.807) is 9.47 Å². The molecule has 0 unspecified atom stereocenters. The van der Waals surface area contributed by atoms with Gasteiger partial charge in [-0.15, -0.1) is 0 Å². The van der Waals surface area contributed by atoms with Crippen molar-refractivity contribution < 1.29 is 13.2 Å². The smallest absolute Gasteiger partial charge is 0.333 e.